The number of nitrogens with zero attached hydrogens (tertiary/aromatic N) is 3. The number of aromatic amines is 1. The monoisotopic (exact) mass is 307 g/mol. The molecule has 0 bridgehead atoms. The number of aliphatic hydroxyl groups is 1. The van der Waals surface area contributed by atoms with E-state index in [1.54, 1.807) is 10.9 Å². The molecule has 1 aliphatic heterocycles. The highest BCUT2D eigenvalue weighted by molar-refractivity contribution is 5.70. The van der Waals surface area contributed by atoms with E-state index < -0.39 is 0 Å². The van der Waals surface area contributed by atoms with Crippen LogP contribution >= 0.6 is 0 Å². The molecule has 2 atom stereocenters. The molecule has 120 valence electrons. The number of H-pyrrole nitrogens is 1. The van der Waals surface area contributed by atoms with E-state index in [-0.39, 0.29) is 24.5 Å². The summed E-state index contributed by atoms with van der Waals surface area (Å²) in [6, 6.07) is 0. The van der Waals surface area contributed by atoms with Gasteiger partial charge in [-0.05, 0) is 18.8 Å². The van der Waals surface area contributed by atoms with Crippen molar-refractivity contribution in [3.05, 3.63) is 16.7 Å². The van der Waals surface area contributed by atoms with Gasteiger partial charge in [-0.25, -0.2) is 4.98 Å². The normalized spacial score (nSPS) is 21.8. The molecule has 2 aromatic heterocycles. The van der Waals surface area contributed by atoms with Gasteiger partial charge in [-0.3, -0.25) is 14.3 Å². The Labute approximate surface area is 127 Å². The third-order valence-electron chi connectivity index (χ3n) is 3.71. The number of anilines is 1. The fourth-order valence-electron chi connectivity index (χ4n) is 2.55. The van der Waals surface area contributed by atoms with Crippen LogP contribution in [0.3, 0.4) is 0 Å². The van der Waals surface area contributed by atoms with Crippen molar-refractivity contribution in [2.75, 3.05) is 18.5 Å². The van der Waals surface area contributed by atoms with Gasteiger partial charge in [-0.2, -0.15) is 4.98 Å². The second-order valence-corrected chi connectivity index (χ2v) is 5.99. The summed E-state index contributed by atoms with van der Waals surface area (Å²) < 4.78 is 7.51. The van der Waals surface area contributed by atoms with E-state index in [0.29, 0.717) is 23.0 Å². The van der Waals surface area contributed by atoms with Crippen LogP contribution in [0.4, 0.5) is 5.95 Å². The summed E-state index contributed by atoms with van der Waals surface area (Å²) in [5.41, 5.74) is 0.524. The largest absolute Gasteiger partial charge is 0.394 e. The molecule has 0 saturated carbocycles. The zero-order chi connectivity index (χ0) is 15.7. The predicted molar refractivity (Wildman–Crippen MR) is 81.7 cm³/mol. The van der Waals surface area contributed by atoms with E-state index in [2.05, 4.69) is 34.1 Å². The molecule has 0 unspecified atom stereocenters. The Kier molecular flexibility index (Phi) is 4.12. The Hall–Kier alpha value is -1.93. The van der Waals surface area contributed by atoms with Crippen molar-refractivity contribution in [2.45, 2.75) is 39.0 Å². The smallest absolute Gasteiger partial charge is 0.280 e. The van der Waals surface area contributed by atoms with Crippen molar-refractivity contribution in [2.24, 2.45) is 5.92 Å². The number of aromatic nitrogens is 4. The van der Waals surface area contributed by atoms with Crippen LogP contribution < -0.4 is 10.9 Å². The molecule has 3 N–H and O–H groups in total. The van der Waals surface area contributed by atoms with Crippen LogP contribution in [0.25, 0.3) is 11.2 Å². The van der Waals surface area contributed by atoms with E-state index in [1.165, 1.54) is 0 Å². The standard InChI is InChI=1S/C14H21N5O3/c1-8(2)5-15-14-17-12-11(13(21)18-14)16-7-19(12)10-4-3-9(6-20)22-10/h7-10,20H,3-6H2,1-2H3,(H2,15,17,18,21)/t9-,10+/m0/s1. The number of imidazole rings is 1. The lowest BCUT2D eigenvalue weighted by molar-refractivity contribution is -0.0207. The highest BCUT2D eigenvalue weighted by Gasteiger charge is 2.27. The second kappa shape index (κ2) is 6.05. The summed E-state index contributed by atoms with van der Waals surface area (Å²) in [7, 11) is 0. The van der Waals surface area contributed by atoms with Crippen LogP contribution in [0.15, 0.2) is 11.1 Å². The van der Waals surface area contributed by atoms with E-state index in [4.69, 9.17) is 4.74 Å². The Balaban J connectivity index is 1.93. The lowest BCUT2D eigenvalue weighted by Crippen LogP contribution is -2.18. The Morgan fingerprint density at radius 2 is 2.36 bits per heavy atom. The van der Waals surface area contributed by atoms with Crippen LogP contribution in [0.1, 0.15) is 32.9 Å². The molecule has 8 heteroatoms. The molecule has 0 spiro atoms. The minimum absolute atomic E-state index is 0.00165. The summed E-state index contributed by atoms with van der Waals surface area (Å²) >= 11 is 0. The molecule has 3 heterocycles. The molecule has 0 aliphatic carbocycles. The van der Waals surface area contributed by atoms with Crippen LogP contribution in [-0.2, 0) is 4.74 Å². The number of ether oxygens (including phenoxy) is 1. The second-order valence-electron chi connectivity index (χ2n) is 5.99. The lowest BCUT2D eigenvalue weighted by Gasteiger charge is -2.14. The minimum atomic E-state index is -0.272. The first kappa shape index (κ1) is 15.0. The van der Waals surface area contributed by atoms with Gasteiger partial charge in [0.15, 0.2) is 11.2 Å². The fourth-order valence-corrected chi connectivity index (χ4v) is 2.55. The van der Waals surface area contributed by atoms with Crippen molar-refractivity contribution in [3.8, 4) is 0 Å². The SMILES string of the molecule is CC(C)CNc1nc2c(ncn2[C@H]2CC[C@@H](CO)O2)c(=O)[nH]1. The third kappa shape index (κ3) is 2.84. The van der Waals surface area contributed by atoms with Gasteiger partial charge >= 0.3 is 0 Å². The quantitative estimate of drug-likeness (QED) is 0.756. The summed E-state index contributed by atoms with van der Waals surface area (Å²) in [5.74, 6) is 0.874. The highest BCUT2D eigenvalue weighted by Crippen LogP contribution is 2.29. The van der Waals surface area contributed by atoms with Crippen LogP contribution in [-0.4, -0.2) is 43.9 Å². The number of nitrogens with one attached hydrogen (secondary N) is 2. The maximum atomic E-state index is 12.1. The number of hydrogen-bond acceptors (Lipinski definition) is 6. The van der Waals surface area contributed by atoms with Crippen LogP contribution in [0, 0.1) is 5.92 Å². The van der Waals surface area contributed by atoms with E-state index >= 15 is 0 Å². The molecule has 22 heavy (non-hydrogen) atoms. The summed E-state index contributed by atoms with van der Waals surface area (Å²) in [5, 5.41) is 12.3. The Morgan fingerprint density at radius 1 is 1.55 bits per heavy atom. The van der Waals surface area contributed by atoms with Crippen molar-refractivity contribution in [3.63, 3.8) is 0 Å². The van der Waals surface area contributed by atoms with Gasteiger partial charge in [0.25, 0.3) is 5.56 Å². The number of hydrogen-bond donors (Lipinski definition) is 3. The molecule has 1 aliphatic rings. The van der Waals surface area contributed by atoms with Gasteiger partial charge in [-0.1, -0.05) is 13.8 Å². The number of aliphatic hydroxyl groups excluding tert-OH is 1. The number of rotatable bonds is 5. The zero-order valence-electron chi connectivity index (χ0n) is 12.7. The molecule has 0 aromatic carbocycles. The first-order chi connectivity index (χ1) is 10.6. The summed E-state index contributed by atoms with van der Waals surface area (Å²) in [6.07, 6.45) is 2.71. The topological polar surface area (TPSA) is 105 Å². The van der Waals surface area contributed by atoms with Crippen molar-refractivity contribution in [1.29, 1.82) is 0 Å². The third-order valence-corrected chi connectivity index (χ3v) is 3.71. The molecule has 0 amide bonds. The molecule has 1 saturated heterocycles. The Morgan fingerprint density at radius 3 is 3.05 bits per heavy atom. The van der Waals surface area contributed by atoms with Crippen molar-refractivity contribution >= 4 is 17.1 Å². The van der Waals surface area contributed by atoms with Crippen LogP contribution in [0.2, 0.25) is 0 Å². The lowest BCUT2D eigenvalue weighted by atomic mass is 10.2. The summed E-state index contributed by atoms with van der Waals surface area (Å²) in [6.45, 7) is 4.87. The van der Waals surface area contributed by atoms with Crippen molar-refractivity contribution < 1.29 is 9.84 Å². The van der Waals surface area contributed by atoms with E-state index in [0.717, 1.165) is 19.4 Å². The van der Waals surface area contributed by atoms with Gasteiger partial charge in [-0.15, -0.1) is 0 Å². The molecular formula is C14H21N5O3. The van der Waals surface area contributed by atoms with E-state index in [9.17, 15) is 9.90 Å². The first-order valence-corrected chi connectivity index (χ1v) is 7.55. The van der Waals surface area contributed by atoms with Gasteiger partial charge in [0.2, 0.25) is 5.95 Å². The van der Waals surface area contributed by atoms with E-state index in [1.807, 2.05) is 0 Å². The van der Waals surface area contributed by atoms with Gasteiger partial charge in [0.05, 0.1) is 19.0 Å². The first-order valence-electron chi connectivity index (χ1n) is 7.55. The zero-order valence-corrected chi connectivity index (χ0v) is 12.7. The summed E-state index contributed by atoms with van der Waals surface area (Å²) in [4.78, 5) is 23.4. The van der Waals surface area contributed by atoms with Gasteiger partial charge < -0.3 is 15.2 Å². The van der Waals surface area contributed by atoms with Crippen LogP contribution in [0.5, 0.6) is 0 Å². The predicted octanol–water partition coefficient (Wildman–Crippen LogP) is 0.857. The maximum absolute atomic E-state index is 12.1. The molecule has 2 aromatic rings. The molecule has 0 radical (unpaired) electrons. The molecule has 8 nitrogen and oxygen atoms in total. The Bertz CT molecular complexity index is 708. The highest BCUT2D eigenvalue weighted by atomic mass is 16.5. The van der Waals surface area contributed by atoms with Crippen molar-refractivity contribution in [1.82, 2.24) is 19.5 Å². The van der Waals surface area contributed by atoms with Gasteiger partial charge in [0.1, 0.15) is 6.23 Å². The fraction of sp³-hybridized carbons (Fsp3) is 0.643. The molecule has 1 fully saturated rings. The van der Waals surface area contributed by atoms with Gasteiger partial charge in [0, 0.05) is 6.54 Å². The minimum Gasteiger partial charge on any atom is -0.394 e. The number of fused-ring (bicyclic) bond motifs is 1. The average molecular weight is 307 g/mol. The molecule has 3 rings (SSSR count). The average Bonchev–Trinajstić information content (AvgIpc) is 3.11. The maximum Gasteiger partial charge on any atom is 0.280 e. The molecular weight excluding hydrogens is 286 g/mol.